The van der Waals surface area contributed by atoms with Gasteiger partial charge in [-0.1, -0.05) is 17.7 Å². The molecule has 1 N–H and O–H groups in total. The molecule has 8 heteroatoms. The lowest BCUT2D eigenvalue weighted by molar-refractivity contribution is 0.0989. The van der Waals surface area contributed by atoms with Crippen LogP contribution in [-0.4, -0.2) is 25.9 Å². The molecule has 28 heavy (non-hydrogen) atoms. The number of aryl methyl sites for hydroxylation is 2. The maximum Gasteiger partial charge on any atom is 0.263 e. The molecule has 144 valence electrons. The molecular formula is C20H19N3O3S2. The number of nitrogens with one attached hydrogen (secondary N) is 1. The molecule has 4 rings (SSSR count). The molecule has 1 amide bonds. The Labute approximate surface area is 167 Å². The number of rotatable bonds is 4. The summed E-state index contributed by atoms with van der Waals surface area (Å²) in [5.41, 5.74) is 4.09. The van der Waals surface area contributed by atoms with Crippen LogP contribution in [0.1, 0.15) is 27.2 Å². The van der Waals surface area contributed by atoms with E-state index in [0.29, 0.717) is 23.7 Å². The highest BCUT2D eigenvalue weighted by atomic mass is 32.2. The molecule has 0 unspecified atom stereocenters. The fraction of sp³-hybridized carbons (Fsp3) is 0.200. The number of amides is 1. The topological polar surface area (TPSA) is 79.4 Å². The van der Waals surface area contributed by atoms with E-state index in [4.69, 9.17) is 0 Å². The van der Waals surface area contributed by atoms with Gasteiger partial charge in [0.15, 0.2) is 5.13 Å². The number of carbonyl (C=O) groups is 1. The van der Waals surface area contributed by atoms with E-state index in [2.05, 4.69) is 9.71 Å². The van der Waals surface area contributed by atoms with Crippen molar-refractivity contribution in [2.45, 2.75) is 25.2 Å². The van der Waals surface area contributed by atoms with Crippen LogP contribution in [-0.2, 0) is 16.4 Å². The molecule has 0 radical (unpaired) electrons. The Morgan fingerprint density at radius 2 is 1.89 bits per heavy atom. The summed E-state index contributed by atoms with van der Waals surface area (Å²) in [6.45, 7) is 4.32. The lowest BCUT2D eigenvalue weighted by Gasteiger charge is -2.18. The quantitative estimate of drug-likeness (QED) is 0.706. The number of carbonyl (C=O) groups excluding carboxylic acids is 1. The summed E-state index contributed by atoms with van der Waals surface area (Å²) >= 11 is 1.25. The SMILES string of the molecule is Cc1ccc(C(=O)N2CCc3cc(S(=O)(=O)Nc4nc(C)cs4)ccc32)cc1. The van der Waals surface area contributed by atoms with Crippen molar-refractivity contribution in [1.82, 2.24) is 4.98 Å². The predicted octanol–water partition coefficient (Wildman–Crippen LogP) is 3.76. The molecule has 0 bridgehead atoms. The van der Waals surface area contributed by atoms with Crippen LogP contribution in [0.25, 0.3) is 0 Å². The van der Waals surface area contributed by atoms with Crippen molar-refractivity contribution in [3.05, 3.63) is 70.2 Å². The maximum atomic E-state index is 12.8. The number of fused-ring (bicyclic) bond motifs is 1. The number of hydrogen-bond acceptors (Lipinski definition) is 5. The molecule has 3 aromatic rings. The number of aromatic nitrogens is 1. The molecule has 0 atom stereocenters. The first-order chi connectivity index (χ1) is 13.3. The van der Waals surface area contributed by atoms with E-state index in [-0.39, 0.29) is 10.8 Å². The summed E-state index contributed by atoms with van der Waals surface area (Å²) in [5, 5.41) is 2.13. The first kappa shape index (κ1) is 18.6. The van der Waals surface area contributed by atoms with Crippen molar-refractivity contribution in [2.75, 3.05) is 16.2 Å². The average Bonchev–Trinajstić information content (AvgIpc) is 3.26. The van der Waals surface area contributed by atoms with Crippen molar-refractivity contribution in [2.24, 2.45) is 0 Å². The zero-order chi connectivity index (χ0) is 19.9. The van der Waals surface area contributed by atoms with Gasteiger partial charge in [-0.3, -0.25) is 9.52 Å². The van der Waals surface area contributed by atoms with Crippen molar-refractivity contribution < 1.29 is 13.2 Å². The maximum absolute atomic E-state index is 12.8. The van der Waals surface area contributed by atoms with Crippen LogP contribution in [0, 0.1) is 13.8 Å². The van der Waals surface area contributed by atoms with Crippen molar-refractivity contribution in [1.29, 1.82) is 0 Å². The van der Waals surface area contributed by atoms with Gasteiger partial charge in [0, 0.05) is 23.2 Å². The molecular weight excluding hydrogens is 394 g/mol. The van der Waals surface area contributed by atoms with Gasteiger partial charge in [-0.15, -0.1) is 11.3 Å². The Hall–Kier alpha value is -2.71. The number of hydrogen-bond donors (Lipinski definition) is 1. The van der Waals surface area contributed by atoms with E-state index >= 15 is 0 Å². The molecule has 6 nitrogen and oxygen atoms in total. The first-order valence-corrected chi connectivity index (χ1v) is 11.2. The van der Waals surface area contributed by atoms with Gasteiger partial charge < -0.3 is 4.90 Å². The van der Waals surface area contributed by atoms with Crippen LogP contribution < -0.4 is 9.62 Å². The summed E-state index contributed by atoms with van der Waals surface area (Å²) in [6, 6.07) is 12.3. The predicted molar refractivity (Wildman–Crippen MR) is 111 cm³/mol. The molecule has 0 aliphatic carbocycles. The molecule has 0 fully saturated rings. The van der Waals surface area contributed by atoms with E-state index in [9.17, 15) is 13.2 Å². The molecule has 1 aliphatic rings. The second-order valence-corrected chi connectivity index (χ2v) is 9.30. The molecule has 0 saturated heterocycles. The van der Waals surface area contributed by atoms with E-state index in [1.54, 1.807) is 22.4 Å². The highest BCUT2D eigenvalue weighted by Crippen LogP contribution is 2.32. The molecule has 0 saturated carbocycles. The van der Waals surface area contributed by atoms with Gasteiger partial charge >= 0.3 is 0 Å². The summed E-state index contributed by atoms with van der Waals surface area (Å²) < 4.78 is 27.8. The van der Waals surface area contributed by atoms with Crippen LogP contribution in [0.2, 0.25) is 0 Å². The minimum absolute atomic E-state index is 0.0780. The lowest BCUT2D eigenvalue weighted by Crippen LogP contribution is -2.28. The minimum Gasteiger partial charge on any atom is -0.308 e. The smallest absolute Gasteiger partial charge is 0.263 e. The van der Waals surface area contributed by atoms with Crippen LogP contribution in [0.4, 0.5) is 10.8 Å². The third-order valence-corrected chi connectivity index (χ3v) is 6.98. The van der Waals surface area contributed by atoms with Crippen LogP contribution in [0.5, 0.6) is 0 Å². The first-order valence-electron chi connectivity index (χ1n) is 8.80. The minimum atomic E-state index is -3.72. The largest absolute Gasteiger partial charge is 0.308 e. The van der Waals surface area contributed by atoms with Gasteiger partial charge in [0.1, 0.15) is 0 Å². The Balaban J connectivity index is 1.59. The Morgan fingerprint density at radius 3 is 2.57 bits per heavy atom. The van der Waals surface area contributed by atoms with Crippen LogP contribution in [0.3, 0.4) is 0 Å². The number of nitrogens with zero attached hydrogens (tertiary/aromatic N) is 2. The fourth-order valence-corrected chi connectivity index (χ4v) is 5.17. The summed E-state index contributed by atoms with van der Waals surface area (Å²) in [4.78, 5) is 18.9. The average molecular weight is 414 g/mol. The molecule has 2 aromatic carbocycles. The zero-order valence-corrected chi connectivity index (χ0v) is 17.1. The van der Waals surface area contributed by atoms with E-state index in [1.807, 2.05) is 38.1 Å². The summed E-state index contributed by atoms with van der Waals surface area (Å²) in [7, 11) is -3.72. The van der Waals surface area contributed by atoms with Crippen molar-refractivity contribution in [3.63, 3.8) is 0 Å². The highest BCUT2D eigenvalue weighted by molar-refractivity contribution is 7.93. The van der Waals surface area contributed by atoms with Crippen molar-refractivity contribution >= 4 is 38.1 Å². The van der Waals surface area contributed by atoms with Crippen LogP contribution >= 0.6 is 11.3 Å². The third kappa shape index (κ3) is 3.53. The Bertz CT molecular complexity index is 1150. The number of sulfonamides is 1. The summed E-state index contributed by atoms with van der Waals surface area (Å²) in [6.07, 6.45) is 0.618. The molecule has 1 aromatic heterocycles. The molecule has 0 spiro atoms. The lowest BCUT2D eigenvalue weighted by atomic mass is 10.1. The number of anilines is 2. The molecule has 1 aliphatic heterocycles. The Morgan fingerprint density at radius 1 is 1.14 bits per heavy atom. The normalized spacial score (nSPS) is 13.4. The zero-order valence-electron chi connectivity index (χ0n) is 15.5. The Kier molecular flexibility index (Phi) is 4.68. The number of thiazole rings is 1. The van der Waals surface area contributed by atoms with Gasteiger partial charge in [0.2, 0.25) is 0 Å². The fourth-order valence-electron chi connectivity index (χ4n) is 3.18. The second kappa shape index (κ2) is 7.03. The monoisotopic (exact) mass is 413 g/mol. The standard InChI is InChI=1S/C20H19N3O3S2/c1-13-3-5-15(6-4-13)19(24)23-10-9-16-11-17(7-8-18(16)23)28(25,26)22-20-21-14(2)12-27-20/h3-8,11-12H,9-10H2,1-2H3,(H,21,22). The van der Waals surface area contributed by atoms with Gasteiger partial charge in [0.25, 0.3) is 15.9 Å². The number of benzene rings is 2. The second-order valence-electron chi connectivity index (χ2n) is 6.76. The summed E-state index contributed by atoms with van der Waals surface area (Å²) in [5.74, 6) is -0.0780. The van der Waals surface area contributed by atoms with Gasteiger partial charge in [-0.25, -0.2) is 13.4 Å². The van der Waals surface area contributed by atoms with Gasteiger partial charge in [0.05, 0.1) is 10.6 Å². The third-order valence-electron chi connectivity index (χ3n) is 4.64. The van der Waals surface area contributed by atoms with Gasteiger partial charge in [-0.05, 0) is 56.2 Å². The molecule has 2 heterocycles. The van der Waals surface area contributed by atoms with Gasteiger partial charge in [-0.2, -0.15) is 0 Å². The van der Waals surface area contributed by atoms with Crippen LogP contribution in [0.15, 0.2) is 52.7 Å². The van der Waals surface area contributed by atoms with E-state index in [1.165, 1.54) is 17.4 Å². The van der Waals surface area contributed by atoms with Crippen molar-refractivity contribution in [3.8, 4) is 0 Å². The van der Waals surface area contributed by atoms with E-state index in [0.717, 1.165) is 22.5 Å². The highest BCUT2D eigenvalue weighted by Gasteiger charge is 2.27. The van der Waals surface area contributed by atoms with E-state index < -0.39 is 10.0 Å².